The first kappa shape index (κ1) is 12.4. The number of hydrogen-bond donors (Lipinski definition) is 2. The minimum atomic E-state index is -0.395. The normalized spacial score (nSPS) is 11.5. The van der Waals surface area contributed by atoms with Crippen LogP contribution in [0.15, 0.2) is 63.5 Å². The summed E-state index contributed by atoms with van der Waals surface area (Å²) in [7, 11) is 0. The summed E-state index contributed by atoms with van der Waals surface area (Å²) in [6, 6.07) is 14.0. The van der Waals surface area contributed by atoms with E-state index >= 15 is 0 Å². The quantitative estimate of drug-likeness (QED) is 0.387. The summed E-state index contributed by atoms with van der Waals surface area (Å²) in [6.45, 7) is 0. The van der Waals surface area contributed by atoms with Crippen LogP contribution >= 0.6 is 11.8 Å². The molecule has 0 saturated carbocycles. The lowest BCUT2D eigenvalue weighted by molar-refractivity contribution is 0.318. The summed E-state index contributed by atoms with van der Waals surface area (Å²) in [4.78, 5) is 1.45. The van der Waals surface area contributed by atoms with Gasteiger partial charge in [-0.05, 0) is 30.3 Å². The maximum atomic E-state index is 13.8. The van der Waals surface area contributed by atoms with Gasteiger partial charge in [-0.2, -0.15) is 0 Å². The molecule has 2 rings (SSSR count). The summed E-state index contributed by atoms with van der Waals surface area (Å²) in [5.41, 5.74) is 5.75. The molecular weight excluding hydrogens is 251 g/mol. The number of oxime groups is 1. The molecule has 2 aromatic carbocycles. The first-order valence-electron chi connectivity index (χ1n) is 5.21. The average Bonchev–Trinajstić information content (AvgIpc) is 2.41. The van der Waals surface area contributed by atoms with Crippen LogP contribution in [0.1, 0.15) is 5.56 Å². The number of rotatable bonds is 3. The number of halogens is 1. The van der Waals surface area contributed by atoms with Crippen molar-refractivity contribution in [3.05, 3.63) is 59.9 Å². The highest BCUT2D eigenvalue weighted by molar-refractivity contribution is 7.99. The number of nitrogens with zero attached hydrogens (tertiary/aromatic N) is 1. The molecule has 0 spiro atoms. The first-order chi connectivity index (χ1) is 8.70. The van der Waals surface area contributed by atoms with E-state index in [1.807, 2.05) is 30.3 Å². The van der Waals surface area contributed by atoms with Gasteiger partial charge in [0.25, 0.3) is 0 Å². The maximum Gasteiger partial charge on any atom is 0.170 e. The Morgan fingerprint density at radius 1 is 1.17 bits per heavy atom. The van der Waals surface area contributed by atoms with E-state index in [0.717, 1.165) is 4.90 Å². The van der Waals surface area contributed by atoms with Crippen molar-refractivity contribution in [2.75, 3.05) is 0 Å². The van der Waals surface area contributed by atoms with Crippen LogP contribution in [-0.2, 0) is 0 Å². The zero-order valence-electron chi connectivity index (χ0n) is 9.38. The molecule has 0 saturated heterocycles. The van der Waals surface area contributed by atoms with E-state index in [2.05, 4.69) is 5.16 Å². The zero-order valence-corrected chi connectivity index (χ0v) is 10.2. The van der Waals surface area contributed by atoms with Gasteiger partial charge in [0.05, 0.1) is 0 Å². The second-order valence-corrected chi connectivity index (χ2v) is 4.66. The largest absolute Gasteiger partial charge is 0.409 e. The summed E-state index contributed by atoms with van der Waals surface area (Å²) < 4.78 is 13.8. The summed E-state index contributed by atoms with van der Waals surface area (Å²) >= 11 is 1.32. The predicted octanol–water partition coefficient (Wildman–Crippen LogP) is 3.07. The Morgan fingerprint density at radius 2 is 1.89 bits per heavy atom. The maximum absolute atomic E-state index is 13.8. The third-order valence-electron chi connectivity index (χ3n) is 2.31. The van der Waals surface area contributed by atoms with Crippen molar-refractivity contribution in [2.45, 2.75) is 9.79 Å². The molecule has 0 aromatic heterocycles. The number of hydrogen-bond acceptors (Lipinski definition) is 3. The van der Waals surface area contributed by atoms with E-state index in [0.29, 0.717) is 10.5 Å². The highest BCUT2D eigenvalue weighted by atomic mass is 32.2. The van der Waals surface area contributed by atoms with Crippen LogP contribution in [0.4, 0.5) is 4.39 Å². The molecule has 0 amide bonds. The first-order valence-corrected chi connectivity index (χ1v) is 6.02. The van der Waals surface area contributed by atoms with Crippen LogP contribution in [0.5, 0.6) is 0 Å². The molecule has 5 heteroatoms. The number of benzene rings is 2. The lowest BCUT2D eigenvalue weighted by Crippen LogP contribution is -2.13. The van der Waals surface area contributed by atoms with Crippen LogP contribution in [0.25, 0.3) is 0 Å². The van der Waals surface area contributed by atoms with E-state index in [-0.39, 0.29) is 5.84 Å². The molecule has 2 aromatic rings. The Kier molecular flexibility index (Phi) is 3.84. The van der Waals surface area contributed by atoms with Crippen LogP contribution in [-0.4, -0.2) is 11.0 Å². The number of amidine groups is 1. The monoisotopic (exact) mass is 262 g/mol. The molecule has 3 N–H and O–H groups in total. The zero-order chi connectivity index (χ0) is 13.0. The molecule has 0 radical (unpaired) electrons. The van der Waals surface area contributed by atoms with Crippen molar-refractivity contribution in [3.63, 3.8) is 0 Å². The summed E-state index contributed by atoms with van der Waals surface area (Å²) in [5.74, 6) is -0.502. The van der Waals surface area contributed by atoms with Gasteiger partial charge in [-0.25, -0.2) is 4.39 Å². The fraction of sp³-hybridized carbons (Fsp3) is 0. The Balaban J connectivity index is 2.26. The van der Waals surface area contributed by atoms with Gasteiger partial charge in [0.15, 0.2) is 5.84 Å². The van der Waals surface area contributed by atoms with E-state index in [1.54, 1.807) is 12.1 Å². The molecule has 0 aliphatic heterocycles. The lowest BCUT2D eigenvalue weighted by Gasteiger charge is -2.05. The third kappa shape index (κ3) is 2.81. The molecular formula is C13H11FN2OS. The molecule has 3 nitrogen and oxygen atoms in total. The fourth-order valence-corrected chi connectivity index (χ4v) is 2.26. The highest BCUT2D eigenvalue weighted by Crippen LogP contribution is 2.29. The molecule has 0 heterocycles. The standard InChI is InChI=1S/C13H11FN2OS/c14-11-8-9(13(15)16-17)6-7-12(11)18-10-4-2-1-3-5-10/h1-8,17H,(H2,15,16). The minimum Gasteiger partial charge on any atom is -0.409 e. The van der Waals surface area contributed by atoms with E-state index < -0.39 is 5.82 Å². The molecule has 0 aliphatic rings. The van der Waals surface area contributed by atoms with E-state index in [9.17, 15) is 4.39 Å². The van der Waals surface area contributed by atoms with Crippen LogP contribution in [0.3, 0.4) is 0 Å². The smallest absolute Gasteiger partial charge is 0.170 e. The molecule has 18 heavy (non-hydrogen) atoms. The van der Waals surface area contributed by atoms with Gasteiger partial charge in [0, 0.05) is 15.4 Å². The molecule has 0 bridgehead atoms. The van der Waals surface area contributed by atoms with Gasteiger partial charge in [-0.1, -0.05) is 35.1 Å². The van der Waals surface area contributed by atoms with E-state index in [4.69, 9.17) is 10.9 Å². The Morgan fingerprint density at radius 3 is 2.50 bits per heavy atom. The third-order valence-corrected chi connectivity index (χ3v) is 3.37. The van der Waals surface area contributed by atoms with Gasteiger partial charge < -0.3 is 10.9 Å². The topological polar surface area (TPSA) is 58.6 Å². The van der Waals surface area contributed by atoms with Crippen LogP contribution < -0.4 is 5.73 Å². The predicted molar refractivity (Wildman–Crippen MR) is 69.5 cm³/mol. The van der Waals surface area contributed by atoms with Gasteiger partial charge in [0.2, 0.25) is 0 Å². The van der Waals surface area contributed by atoms with Crippen molar-refractivity contribution in [1.29, 1.82) is 0 Å². The van der Waals surface area contributed by atoms with Crippen LogP contribution in [0.2, 0.25) is 0 Å². The van der Waals surface area contributed by atoms with Gasteiger partial charge in [-0.3, -0.25) is 0 Å². The van der Waals surface area contributed by atoms with Crippen molar-refractivity contribution >= 4 is 17.6 Å². The summed E-state index contributed by atoms with van der Waals surface area (Å²) in [5, 5.41) is 11.4. The lowest BCUT2D eigenvalue weighted by atomic mass is 10.2. The SMILES string of the molecule is N/C(=N\O)c1ccc(Sc2ccccc2)c(F)c1. The van der Waals surface area contributed by atoms with Gasteiger partial charge in [-0.15, -0.1) is 0 Å². The second kappa shape index (κ2) is 5.55. The van der Waals surface area contributed by atoms with Crippen molar-refractivity contribution < 1.29 is 9.60 Å². The molecule has 92 valence electrons. The average molecular weight is 262 g/mol. The molecule has 0 atom stereocenters. The van der Waals surface area contributed by atoms with Crippen LogP contribution in [0, 0.1) is 5.82 Å². The second-order valence-electron chi connectivity index (χ2n) is 3.55. The van der Waals surface area contributed by atoms with Gasteiger partial charge >= 0.3 is 0 Å². The van der Waals surface area contributed by atoms with Crippen molar-refractivity contribution in [3.8, 4) is 0 Å². The Bertz CT molecular complexity index is 572. The minimum absolute atomic E-state index is 0.106. The number of nitrogens with two attached hydrogens (primary N) is 1. The summed E-state index contributed by atoms with van der Waals surface area (Å²) in [6.07, 6.45) is 0. The van der Waals surface area contributed by atoms with Crippen molar-refractivity contribution in [1.82, 2.24) is 0 Å². The molecule has 0 aliphatic carbocycles. The van der Waals surface area contributed by atoms with E-state index in [1.165, 1.54) is 17.8 Å². The van der Waals surface area contributed by atoms with Crippen molar-refractivity contribution in [2.24, 2.45) is 10.9 Å². The fourth-order valence-electron chi connectivity index (χ4n) is 1.42. The molecule has 0 unspecified atom stereocenters. The Hall–Kier alpha value is -2.01. The molecule has 0 fully saturated rings. The highest BCUT2D eigenvalue weighted by Gasteiger charge is 2.07. The van der Waals surface area contributed by atoms with Gasteiger partial charge in [0.1, 0.15) is 5.82 Å². The Labute approximate surface area is 108 Å².